The van der Waals surface area contributed by atoms with Crippen molar-refractivity contribution in [2.24, 2.45) is 0 Å². The molecule has 0 unspecified atom stereocenters. The highest BCUT2D eigenvalue weighted by molar-refractivity contribution is 7.89. The molecule has 27 heavy (non-hydrogen) atoms. The largest absolute Gasteiger partial charge is 0.497 e. The summed E-state index contributed by atoms with van der Waals surface area (Å²) >= 11 is 0. The van der Waals surface area contributed by atoms with Gasteiger partial charge in [0.1, 0.15) is 5.75 Å². The van der Waals surface area contributed by atoms with Gasteiger partial charge in [-0.1, -0.05) is 12.1 Å². The van der Waals surface area contributed by atoms with Gasteiger partial charge in [0.15, 0.2) is 0 Å². The first-order chi connectivity index (χ1) is 12.8. The van der Waals surface area contributed by atoms with Crippen molar-refractivity contribution in [1.82, 2.24) is 4.31 Å². The molecule has 0 radical (unpaired) electrons. The molecule has 1 amide bonds. The number of hydrogen-bond acceptors (Lipinski definition) is 4. The number of sulfonamides is 1. The van der Waals surface area contributed by atoms with Crippen molar-refractivity contribution < 1.29 is 17.9 Å². The molecule has 1 aliphatic rings. The van der Waals surface area contributed by atoms with Gasteiger partial charge in [0.05, 0.1) is 12.0 Å². The van der Waals surface area contributed by atoms with Crippen LogP contribution in [0.1, 0.15) is 24.0 Å². The summed E-state index contributed by atoms with van der Waals surface area (Å²) in [5, 5.41) is 0. The lowest BCUT2D eigenvalue weighted by Gasteiger charge is -2.21. The highest BCUT2D eigenvalue weighted by Crippen LogP contribution is 2.28. The third kappa shape index (κ3) is 3.99. The van der Waals surface area contributed by atoms with Crippen LogP contribution in [0.25, 0.3) is 0 Å². The Morgan fingerprint density at radius 1 is 1.15 bits per heavy atom. The molecule has 0 aliphatic carbocycles. The molecule has 1 aliphatic heterocycles. The fraction of sp³-hybridized carbons (Fsp3) is 0.350. The fourth-order valence-electron chi connectivity index (χ4n) is 3.25. The van der Waals surface area contributed by atoms with Gasteiger partial charge in [-0.05, 0) is 54.8 Å². The van der Waals surface area contributed by atoms with E-state index in [0.717, 1.165) is 29.0 Å². The maximum atomic E-state index is 12.9. The molecular formula is C20H24N2O4S. The van der Waals surface area contributed by atoms with Crippen molar-refractivity contribution in [2.75, 3.05) is 25.6 Å². The quantitative estimate of drug-likeness (QED) is 0.763. The molecule has 1 heterocycles. The first kappa shape index (κ1) is 19.4. The predicted octanol–water partition coefficient (Wildman–Crippen LogP) is 2.95. The molecule has 7 heteroatoms. The Morgan fingerprint density at radius 2 is 1.85 bits per heavy atom. The molecule has 144 valence electrons. The number of rotatable bonds is 6. The first-order valence-electron chi connectivity index (χ1n) is 8.83. The molecule has 3 rings (SSSR count). The monoisotopic (exact) mass is 388 g/mol. The predicted molar refractivity (Wildman–Crippen MR) is 104 cm³/mol. The molecular weight excluding hydrogens is 364 g/mol. The smallest absolute Gasteiger partial charge is 0.243 e. The molecule has 6 nitrogen and oxygen atoms in total. The van der Waals surface area contributed by atoms with Crippen molar-refractivity contribution in [1.29, 1.82) is 0 Å². The minimum atomic E-state index is -3.63. The highest BCUT2D eigenvalue weighted by Gasteiger charge is 2.26. The van der Waals surface area contributed by atoms with Gasteiger partial charge in [-0.25, -0.2) is 8.42 Å². The van der Waals surface area contributed by atoms with Crippen LogP contribution in [-0.4, -0.2) is 39.3 Å². The molecule has 0 saturated carbocycles. The van der Waals surface area contributed by atoms with E-state index in [2.05, 4.69) is 0 Å². The Bertz CT molecular complexity index is 939. The number of hydrogen-bond donors (Lipinski definition) is 0. The molecule has 0 atom stereocenters. The Kier molecular flexibility index (Phi) is 5.53. The van der Waals surface area contributed by atoms with Crippen LogP contribution in [0.5, 0.6) is 5.75 Å². The van der Waals surface area contributed by atoms with Crippen molar-refractivity contribution in [2.45, 2.75) is 31.2 Å². The fourth-order valence-corrected chi connectivity index (χ4v) is 4.49. The van der Waals surface area contributed by atoms with E-state index in [-0.39, 0.29) is 17.3 Å². The molecule has 2 aromatic carbocycles. The van der Waals surface area contributed by atoms with E-state index in [1.165, 1.54) is 4.31 Å². The summed E-state index contributed by atoms with van der Waals surface area (Å²) in [4.78, 5) is 13.9. The number of anilines is 1. The second-order valence-electron chi connectivity index (χ2n) is 6.71. The first-order valence-corrected chi connectivity index (χ1v) is 10.3. The lowest BCUT2D eigenvalue weighted by atomic mass is 10.2. The Morgan fingerprint density at radius 3 is 2.41 bits per heavy atom. The zero-order valence-corrected chi connectivity index (χ0v) is 16.6. The average Bonchev–Trinajstić information content (AvgIpc) is 3.08. The van der Waals surface area contributed by atoms with Gasteiger partial charge in [0, 0.05) is 32.2 Å². The SMILES string of the molecule is COc1ccc(CN(C)S(=O)(=O)c2ccc(N3CCCC3=O)c(C)c2)cc1. The molecule has 1 fully saturated rings. The number of carbonyl (C=O) groups is 1. The van der Waals surface area contributed by atoms with E-state index in [9.17, 15) is 13.2 Å². The number of benzene rings is 2. The normalized spacial score (nSPS) is 14.8. The summed E-state index contributed by atoms with van der Waals surface area (Å²) in [6.07, 6.45) is 1.38. The van der Waals surface area contributed by atoms with Crippen LogP contribution in [0.3, 0.4) is 0 Å². The topological polar surface area (TPSA) is 66.9 Å². The van der Waals surface area contributed by atoms with Crippen molar-refractivity contribution in [3.63, 3.8) is 0 Å². The summed E-state index contributed by atoms with van der Waals surface area (Å²) in [6, 6.07) is 12.3. The van der Waals surface area contributed by atoms with Gasteiger partial charge < -0.3 is 9.64 Å². The van der Waals surface area contributed by atoms with Crippen LogP contribution < -0.4 is 9.64 Å². The van der Waals surface area contributed by atoms with Gasteiger partial charge in [0.2, 0.25) is 15.9 Å². The second kappa shape index (κ2) is 7.70. The number of nitrogens with zero attached hydrogens (tertiary/aromatic N) is 2. The Hall–Kier alpha value is -2.38. The van der Waals surface area contributed by atoms with Gasteiger partial charge in [0.25, 0.3) is 0 Å². The molecule has 0 aromatic heterocycles. The van der Waals surface area contributed by atoms with Crippen LogP contribution >= 0.6 is 0 Å². The number of carbonyl (C=O) groups excluding carboxylic acids is 1. The third-order valence-corrected chi connectivity index (χ3v) is 6.60. The lowest BCUT2D eigenvalue weighted by molar-refractivity contribution is -0.117. The van der Waals surface area contributed by atoms with Crippen LogP contribution in [-0.2, 0) is 21.4 Å². The molecule has 0 N–H and O–H groups in total. The minimum absolute atomic E-state index is 0.0883. The summed E-state index contributed by atoms with van der Waals surface area (Å²) in [5.41, 5.74) is 2.44. The van der Waals surface area contributed by atoms with Crippen molar-refractivity contribution in [3.05, 3.63) is 53.6 Å². The maximum Gasteiger partial charge on any atom is 0.243 e. The van der Waals surface area contributed by atoms with Crippen LogP contribution in [0, 0.1) is 6.92 Å². The van der Waals surface area contributed by atoms with Gasteiger partial charge >= 0.3 is 0 Å². The maximum absolute atomic E-state index is 12.9. The van der Waals surface area contributed by atoms with Crippen LogP contribution in [0.4, 0.5) is 5.69 Å². The van der Waals surface area contributed by atoms with E-state index < -0.39 is 10.0 Å². The zero-order chi connectivity index (χ0) is 19.6. The lowest BCUT2D eigenvalue weighted by Crippen LogP contribution is -2.27. The number of aryl methyl sites for hydroxylation is 1. The van der Waals surface area contributed by atoms with Gasteiger partial charge in [-0.2, -0.15) is 4.31 Å². The Labute approximate surface area is 160 Å². The van der Waals surface area contributed by atoms with Gasteiger partial charge in [-0.15, -0.1) is 0 Å². The van der Waals surface area contributed by atoms with Crippen LogP contribution in [0.2, 0.25) is 0 Å². The summed E-state index contributed by atoms with van der Waals surface area (Å²) < 4.78 is 32.3. The summed E-state index contributed by atoms with van der Waals surface area (Å²) in [5.74, 6) is 0.817. The van der Waals surface area contributed by atoms with E-state index in [4.69, 9.17) is 4.74 Å². The molecule has 1 saturated heterocycles. The van der Waals surface area contributed by atoms with E-state index in [0.29, 0.717) is 13.0 Å². The van der Waals surface area contributed by atoms with Crippen molar-refractivity contribution in [3.8, 4) is 5.75 Å². The second-order valence-corrected chi connectivity index (χ2v) is 8.75. The van der Waals surface area contributed by atoms with E-state index in [1.54, 1.807) is 37.3 Å². The number of amides is 1. The molecule has 0 bridgehead atoms. The van der Waals surface area contributed by atoms with E-state index in [1.807, 2.05) is 31.2 Å². The average molecular weight is 388 g/mol. The van der Waals surface area contributed by atoms with Crippen LogP contribution in [0.15, 0.2) is 47.4 Å². The van der Waals surface area contributed by atoms with E-state index >= 15 is 0 Å². The molecule has 2 aromatic rings. The highest BCUT2D eigenvalue weighted by atomic mass is 32.2. The summed E-state index contributed by atoms with van der Waals surface area (Å²) in [7, 11) is -0.478. The van der Waals surface area contributed by atoms with Crippen molar-refractivity contribution >= 4 is 21.6 Å². The standard InChI is InChI=1S/C20H24N2O4S/c1-15-13-18(10-11-19(15)22-12-4-5-20(22)23)27(24,25)21(2)14-16-6-8-17(26-3)9-7-16/h6-11,13H,4-5,12,14H2,1-3H3. The third-order valence-electron chi connectivity index (χ3n) is 4.80. The molecule has 0 spiro atoms. The minimum Gasteiger partial charge on any atom is -0.497 e. The summed E-state index contributed by atoms with van der Waals surface area (Å²) in [6.45, 7) is 2.78. The van der Waals surface area contributed by atoms with Gasteiger partial charge in [-0.3, -0.25) is 4.79 Å². The Balaban J connectivity index is 1.80. The zero-order valence-electron chi connectivity index (χ0n) is 15.8. The number of methoxy groups -OCH3 is 1. The number of ether oxygens (including phenoxy) is 1.